The molecule has 9 heavy (non-hydrogen) atoms. The van der Waals surface area contributed by atoms with E-state index in [9.17, 15) is 0 Å². The predicted molar refractivity (Wildman–Crippen MR) is 43.7 cm³/mol. The van der Waals surface area contributed by atoms with Crippen LogP contribution in [0.2, 0.25) is 0 Å². The van der Waals surface area contributed by atoms with Crippen LogP contribution in [0, 0.1) is 0 Å². The first-order valence-corrected chi connectivity index (χ1v) is 4.91. The molecule has 0 saturated carbocycles. The van der Waals surface area contributed by atoms with Crippen molar-refractivity contribution in [3.05, 3.63) is 0 Å². The Hall–Kier alpha value is 0.499. The number of thioether (sulfide) groups is 1. The van der Waals surface area contributed by atoms with E-state index < -0.39 is 0 Å². The second-order valence-corrected chi connectivity index (χ2v) is 3.59. The molecule has 1 unspecified atom stereocenters. The van der Waals surface area contributed by atoms with Crippen molar-refractivity contribution in [2.24, 2.45) is 5.73 Å². The van der Waals surface area contributed by atoms with Crippen LogP contribution in [0.5, 0.6) is 0 Å². The van der Waals surface area contributed by atoms with E-state index in [1.165, 1.54) is 0 Å². The summed E-state index contributed by atoms with van der Waals surface area (Å²) in [5, 5.41) is 8.77. The molecular formula is C5H11NOSSe. The Morgan fingerprint density at radius 2 is 2.44 bits per heavy atom. The maximum atomic E-state index is 8.77. The fourth-order valence-corrected chi connectivity index (χ4v) is 1.11. The molecule has 0 aliphatic heterocycles. The molecule has 0 spiro atoms. The van der Waals surface area contributed by atoms with E-state index in [4.69, 9.17) is 10.8 Å². The summed E-state index contributed by atoms with van der Waals surface area (Å²) in [5.41, 5.74) is 5.47. The van der Waals surface area contributed by atoms with Crippen molar-refractivity contribution >= 4 is 31.9 Å². The minimum atomic E-state index is -0.183. The molecule has 0 fully saturated rings. The van der Waals surface area contributed by atoms with Gasteiger partial charge in [0, 0.05) is 0 Å². The quantitative estimate of drug-likeness (QED) is 0.631. The van der Waals surface area contributed by atoms with Crippen LogP contribution >= 0.6 is 11.8 Å². The summed E-state index contributed by atoms with van der Waals surface area (Å²) in [7, 11) is 0. The topological polar surface area (TPSA) is 46.2 Å². The molecular weight excluding hydrogens is 201 g/mol. The first kappa shape index (κ1) is 9.50. The molecule has 0 bridgehead atoms. The first-order chi connectivity index (χ1) is 4.18. The standard InChI is InChI=1S/C5H11NOSSe/c1-8-3-2-4(6)5(7)9/h4H,2-3,6H2,1H3,(H,7,9). The Bertz CT molecular complexity index is 99.0. The molecule has 0 aromatic heterocycles. The van der Waals surface area contributed by atoms with Gasteiger partial charge < -0.3 is 0 Å². The van der Waals surface area contributed by atoms with Gasteiger partial charge in [0.1, 0.15) is 0 Å². The number of aliphatic hydroxyl groups is 1. The zero-order valence-corrected chi connectivity index (χ0v) is 7.86. The average molecular weight is 212 g/mol. The van der Waals surface area contributed by atoms with Gasteiger partial charge in [-0.1, -0.05) is 0 Å². The van der Waals surface area contributed by atoms with Crippen LogP contribution in [0.1, 0.15) is 6.42 Å². The summed E-state index contributed by atoms with van der Waals surface area (Å²) in [6.45, 7) is 0. The molecule has 2 nitrogen and oxygen atoms in total. The molecule has 0 saturated heterocycles. The number of hydrogen-bond donors (Lipinski definition) is 2. The third-order valence-electron chi connectivity index (χ3n) is 0.950. The summed E-state index contributed by atoms with van der Waals surface area (Å²) >= 11 is 4.22. The van der Waals surface area contributed by atoms with E-state index >= 15 is 0 Å². The third kappa shape index (κ3) is 4.97. The molecule has 54 valence electrons. The molecule has 0 aliphatic rings. The SMILES string of the molecule is CSCCC(N)C(O)=[Se]. The number of nitrogens with two attached hydrogens (primary N) is 1. The maximum absolute atomic E-state index is 8.77. The Morgan fingerprint density at radius 1 is 1.89 bits per heavy atom. The Kier molecular flexibility index (Phi) is 5.59. The van der Waals surface area contributed by atoms with Crippen molar-refractivity contribution in [3.8, 4) is 0 Å². The zero-order valence-electron chi connectivity index (χ0n) is 5.33. The molecule has 0 aromatic carbocycles. The fourth-order valence-electron chi connectivity index (χ4n) is 0.368. The van der Waals surface area contributed by atoms with Crippen molar-refractivity contribution in [2.75, 3.05) is 12.0 Å². The van der Waals surface area contributed by atoms with Crippen LogP contribution in [0.25, 0.3) is 0 Å². The van der Waals surface area contributed by atoms with E-state index in [-0.39, 0.29) is 10.6 Å². The van der Waals surface area contributed by atoms with Crippen molar-refractivity contribution in [1.82, 2.24) is 0 Å². The molecule has 0 aromatic rings. The number of rotatable bonds is 4. The van der Waals surface area contributed by atoms with Gasteiger partial charge in [-0.25, -0.2) is 0 Å². The van der Waals surface area contributed by atoms with Crippen LogP contribution in [-0.2, 0) is 0 Å². The first-order valence-electron chi connectivity index (χ1n) is 2.65. The second kappa shape index (κ2) is 5.30. The molecule has 0 radical (unpaired) electrons. The molecule has 0 aliphatic carbocycles. The van der Waals surface area contributed by atoms with Gasteiger partial charge in [-0.3, -0.25) is 0 Å². The van der Waals surface area contributed by atoms with Crippen LogP contribution in [0.4, 0.5) is 0 Å². The van der Waals surface area contributed by atoms with E-state index in [2.05, 4.69) is 15.6 Å². The van der Waals surface area contributed by atoms with E-state index in [0.29, 0.717) is 0 Å². The van der Waals surface area contributed by atoms with Gasteiger partial charge in [-0.2, -0.15) is 0 Å². The van der Waals surface area contributed by atoms with Crippen molar-refractivity contribution in [3.63, 3.8) is 0 Å². The zero-order chi connectivity index (χ0) is 7.28. The van der Waals surface area contributed by atoms with Crippen LogP contribution in [0.15, 0.2) is 0 Å². The van der Waals surface area contributed by atoms with Crippen LogP contribution in [-0.4, -0.2) is 43.3 Å². The van der Waals surface area contributed by atoms with Crippen molar-refractivity contribution < 1.29 is 5.11 Å². The normalized spacial score (nSPS) is 13.1. The number of hydrogen-bond acceptors (Lipinski definition) is 3. The van der Waals surface area contributed by atoms with Gasteiger partial charge in [0.25, 0.3) is 0 Å². The molecule has 3 N–H and O–H groups in total. The number of aliphatic hydroxyl groups excluding tert-OH is 1. The van der Waals surface area contributed by atoms with Gasteiger partial charge in [0.15, 0.2) is 0 Å². The van der Waals surface area contributed by atoms with Gasteiger partial charge >= 0.3 is 67.3 Å². The molecule has 0 rings (SSSR count). The summed E-state index contributed by atoms with van der Waals surface area (Å²) in [6.07, 6.45) is 2.85. The summed E-state index contributed by atoms with van der Waals surface area (Å²) < 4.78 is 0.212. The van der Waals surface area contributed by atoms with Gasteiger partial charge in [-0.15, -0.1) is 0 Å². The van der Waals surface area contributed by atoms with Gasteiger partial charge in [-0.05, 0) is 0 Å². The molecule has 4 heteroatoms. The van der Waals surface area contributed by atoms with E-state index in [1.54, 1.807) is 11.8 Å². The van der Waals surface area contributed by atoms with Crippen molar-refractivity contribution in [1.29, 1.82) is 0 Å². The van der Waals surface area contributed by atoms with Crippen LogP contribution in [0.3, 0.4) is 0 Å². The molecule has 1 atom stereocenters. The summed E-state index contributed by atoms with van der Waals surface area (Å²) in [6, 6.07) is -0.183. The van der Waals surface area contributed by atoms with Crippen molar-refractivity contribution in [2.45, 2.75) is 12.5 Å². The van der Waals surface area contributed by atoms with Gasteiger partial charge in [0.2, 0.25) is 0 Å². The predicted octanol–water partition coefficient (Wildman–Crippen LogP) is -0.262. The van der Waals surface area contributed by atoms with E-state index in [0.717, 1.165) is 12.2 Å². The average Bonchev–Trinajstić information content (AvgIpc) is 1.82. The fraction of sp³-hybridized carbons (Fsp3) is 0.800. The Labute approximate surface area is 67.6 Å². The molecule has 0 amide bonds. The summed E-state index contributed by atoms with van der Waals surface area (Å²) in [5.74, 6) is 0.993. The third-order valence-corrected chi connectivity index (χ3v) is 2.23. The van der Waals surface area contributed by atoms with Gasteiger partial charge in [0.05, 0.1) is 0 Å². The summed E-state index contributed by atoms with van der Waals surface area (Å²) in [4.78, 5) is 0. The van der Waals surface area contributed by atoms with E-state index in [1.807, 2.05) is 6.26 Å². The Morgan fingerprint density at radius 3 is 2.78 bits per heavy atom. The second-order valence-electron chi connectivity index (χ2n) is 1.73. The Balaban J connectivity index is 3.27. The monoisotopic (exact) mass is 213 g/mol. The molecule has 0 heterocycles. The van der Waals surface area contributed by atoms with Crippen LogP contribution < -0.4 is 5.73 Å². The minimum absolute atomic E-state index is 0.183.